The molecule has 23 heavy (non-hydrogen) atoms. The molecule has 0 spiro atoms. The second kappa shape index (κ2) is 6.48. The maximum atomic E-state index is 14.2. The van der Waals surface area contributed by atoms with Gasteiger partial charge >= 0.3 is 0 Å². The van der Waals surface area contributed by atoms with E-state index in [1.807, 2.05) is 30.3 Å². The van der Waals surface area contributed by atoms with Gasteiger partial charge in [0.05, 0.1) is 11.4 Å². The summed E-state index contributed by atoms with van der Waals surface area (Å²) < 4.78 is 27.8. The molecule has 0 aliphatic rings. The van der Waals surface area contributed by atoms with Crippen LogP contribution in [-0.4, -0.2) is 0 Å². The highest BCUT2D eigenvalue weighted by molar-refractivity contribution is 5.78. The summed E-state index contributed by atoms with van der Waals surface area (Å²) >= 11 is 0. The van der Waals surface area contributed by atoms with Crippen molar-refractivity contribution >= 4 is 11.4 Å². The van der Waals surface area contributed by atoms with E-state index in [2.05, 4.69) is 10.2 Å². The van der Waals surface area contributed by atoms with E-state index in [9.17, 15) is 8.78 Å². The topological polar surface area (TPSA) is 24.7 Å². The monoisotopic (exact) mass is 308 g/mol. The molecule has 0 fully saturated rings. The fraction of sp³-hybridized carbons (Fsp3) is 0.0526. The van der Waals surface area contributed by atoms with Gasteiger partial charge in [-0.2, -0.15) is 5.11 Å². The normalized spacial score (nSPS) is 11.1. The standard InChI is InChI=1S/C19H14F2N2/c1-13-11-12-16(20)19(21)18(13)15-9-5-6-10-17(15)23-22-14-7-3-2-4-8-14/h2-12H,1H3. The highest BCUT2D eigenvalue weighted by Crippen LogP contribution is 2.35. The minimum absolute atomic E-state index is 0.215. The third-order valence-corrected chi connectivity index (χ3v) is 3.51. The van der Waals surface area contributed by atoms with Crippen LogP contribution in [0.25, 0.3) is 11.1 Å². The van der Waals surface area contributed by atoms with Crippen LogP contribution < -0.4 is 0 Å². The number of benzene rings is 3. The molecule has 114 valence electrons. The lowest BCUT2D eigenvalue weighted by atomic mass is 9.98. The van der Waals surface area contributed by atoms with Crippen molar-refractivity contribution in [2.75, 3.05) is 0 Å². The SMILES string of the molecule is Cc1ccc(F)c(F)c1-c1ccccc1N=Nc1ccccc1. The van der Waals surface area contributed by atoms with Crippen LogP contribution in [-0.2, 0) is 0 Å². The minimum Gasteiger partial charge on any atom is -0.204 e. The van der Waals surface area contributed by atoms with E-state index in [0.29, 0.717) is 22.5 Å². The van der Waals surface area contributed by atoms with Crippen LogP contribution in [0.15, 0.2) is 77.0 Å². The average Bonchev–Trinajstić information content (AvgIpc) is 2.59. The molecule has 2 nitrogen and oxygen atoms in total. The first-order valence-electron chi connectivity index (χ1n) is 7.17. The molecular formula is C19H14F2N2. The zero-order valence-electron chi connectivity index (χ0n) is 12.5. The molecule has 3 aromatic carbocycles. The molecule has 0 saturated heterocycles. The molecule has 0 radical (unpaired) electrons. The summed E-state index contributed by atoms with van der Waals surface area (Å²) in [7, 11) is 0. The molecule has 0 bridgehead atoms. The molecule has 0 aromatic heterocycles. The fourth-order valence-electron chi connectivity index (χ4n) is 2.36. The predicted molar refractivity (Wildman–Crippen MR) is 87.1 cm³/mol. The van der Waals surface area contributed by atoms with E-state index < -0.39 is 11.6 Å². The largest absolute Gasteiger partial charge is 0.204 e. The van der Waals surface area contributed by atoms with Crippen molar-refractivity contribution in [2.24, 2.45) is 10.2 Å². The number of aryl methyl sites for hydroxylation is 1. The summed E-state index contributed by atoms with van der Waals surface area (Å²) in [5.41, 5.74) is 2.56. The summed E-state index contributed by atoms with van der Waals surface area (Å²) in [6.45, 7) is 1.74. The summed E-state index contributed by atoms with van der Waals surface area (Å²) in [5, 5.41) is 8.35. The van der Waals surface area contributed by atoms with E-state index >= 15 is 0 Å². The summed E-state index contributed by atoms with van der Waals surface area (Å²) in [6.07, 6.45) is 0. The zero-order chi connectivity index (χ0) is 16.2. The van der Waals surface area contributed by atoms with Crippen LogP contribution in [0.2, 0.25) is 0 Å². The van der Waals surface area contributed by atoms with Crippen molar-refractivity contribution < 1.29 is 8.78 Å². The van der Waals surface area contributed by atoms with Crippen LogP contribution >= 0.6 is 0 Å². The zero-order valence-corrected chi connectivity index (χ0v) is 12.5. The average molecular weight is 308 g/mol. The second-order valence-electron chi connectivity index (χ2n) is 5.11. The van der Waals surface area contributed by atoms with E-state index in [4.69, 9.17) is 0 Å². The van der Waals surface area contributed by atoms with Gasteiger partial charge in [0, 0.05) is 11.1 Å². The molecule has 0 saturated carbocycles. The van der Waals surface area contributed by atoms with Gasteiger partial charge in [-0.25, -0.2) is 8.78 Å². The molecule has 3 rings (SSSR count). The van der Waals surface area contributed by atoms with E-state index in [0.717, 1.165) is 6.07 Å². The first kappa shape index (κ1) is 15.0. The van der Waals surface area contributed by atoms with Gasteiger partial charge in [0.1, 0.15) is 0 Å². The van der Waals surface area contributed by atoms with E-state index in [1.54, 1.807) is 37.3 Å². The number of nitrogens with zero attached hydrogens (tertiary/aromatic N) is 2. The Hall–Kier alpha value is -2.88. The molecule has 3 aromatic rings. The number of hydrogen-bond donors (Lipinski definition) is 0. The molecule has 0 N–H and O–H groups in total. The predicted octanol–water partition coefficient (Wildman–Crippen LogP) is 6.36. The summed E-state index contributed by atoms with van der Waals surface area (Å²) in [5.74, 6) is -1.74. The molecule has 0 aliphatic heterocycles. The van der Waals surface area contributed by atoms with Crippen LogP contribution in [0, 0.1) is 18.6 Å². The molecule has 4 heteroatoms. The van der Waals surface area contributed by atoms with Crippen molar-refractivity contribution in [1.29, 1.82) is 0 Å². The van der Waals surface area contributed by atoms with Crippen molar-refractivity contribution in [3.63, 3.8) is 0 Å². The lowest BCUT2D eigenvalue weighted by Gasteiger charge is -2.10. The Bertz CT molecular complexity index is 858. The molecule has 0 amide bonds. The van der Waals surface area contributed by atoms with Gasteiger partial charge in [-0.3, -0.25) is 0 Å². The molecule has 0 atom stereocenters. The second-order valence-corrected chi connectivity index (χ2v) is 5.11. The summed E-state index contributed by atoms with van der Waals surface area (Å²) in [4.78, 5) is 0. The Balaban J connectivity index is 2.09. The third-order valence-electron chi connectivity index (χ3n) is 3.51. The van der Waals surface area contributed by atoms with Gasteiger partial charge in [-0.05, 0) is 36.8 Å². The van der Waals surface area contributed by atoms with Crippen LogP contribution in [0.4, 0.5) is 20.2 Å². The molecule has 0 aliphatic carbocycles. The molecular weight excluding hydrogens is 294 g/mol. The lowest BCUT2D eigenvalue weighted by molar-refractivity contribution is 0.510. The van der Waals surface area contributed by atoms with Crippen molar-refractivity contribution in [2.45, 2.75) is 6.92 Å². The highest BCUT2D eigenvalue weighted by Gasteiger charge is 2.15. The maximum absolute atomic E-state index is 14.2. The van der Waals surface area contributed by atoms with E-state index in [1.165, 1.54) is 0 Å². The van der Waals surface area contributed by atoms with Crippen LogP contribution in [0.5, 0.6) is 0 Å². The van der Waals surface area contributed by atoms with Crippen molar-refractivity contribution in [1.82, 2.24) is 0 Å². The van der Waals surface area contributed by atoms with Crippen molar-refractivity contribution in [3.05, 3.63) is 83.9 Å². The maximum Gasteiger partial charge on any atom is 0.166 e. The minimum atomic E-state index is -0.875. The first-order chi connectivity index (χ1) is 11.2. The Morgan fingerprint density at radius 2 is 1.43 bits per heavy atom. The van der Waals surface area contributed by atoms with Gasteiger partial charge < -0.3 is 0 Å². The first-order valence-corrected chi connectivity index (χ1v) is 7.17. The fourth-order valence-corrected chi connectivity index (χ4v) is 2.36. The molecule has 0 heterocycles. The number of hydrogen-bond acceptors (Lipinski definition) is 2. The van der Waals surface area contributed by atoms with Gasteiger partial charge in [0.15, 0.2) is 11.6 Å². The Morgan fingerprint density at radius 1 is 0.739 bits per heavy atom. The summed E-state index contributed by atoms with van der Waals surface area (Å²) in [6, 6.07) is 18.9. The van der Waals surface area contributed by atoms with Gasteiger partial charge in [-0.15, -0.1) is 5.11 Å². The highest BCUT2D eigenvalue weighted by atomic mass is 19.2. The number of azo groups is 1. The number of rotatable bonds is 3. The van der Waals surface area contributed by atoms with Crippen LogP contribution in [0.1, 0.15) is 5.56 Å². The van der Waals surface area contributed by atoms with Crippen LogP contribution in [0.3, 0.4) is 0 Å². The quantitative estimate of drug-likeness (QED) is 0.503. The molecule has 0 unspecified atom stereocenters. The lowest BCUT2D eigenvalue weighted by Crippen LogP contribution is -1.93. The van der Waals surface area contributed by atoms with Gasteiger partial charge in [0.2, 0.25) is 0 Å². The Labute approximate surface area is 133 Å². The smallest absolute Gasteiger partial charge is 0.166 e. The van der Waals surface area contributed by atoms with Crippen molar-refractivity contribution in [3.8, 4) is 11.1 Å². The Kier molecular flexibility index (Phi) is 4.24. The van der Waals surface area contributed by atoms with Gasteiger partial charge in [0.25, 0.3) is 0 Å². The Morgan fingerprint density at radius 3 is 2.22 bits per heavy atom. The number of halogens is 2. The third kappa shape index (κ3) is 3.16. The van der Waals surface area contributed by atoms with Gasteiger partial charge in [-0.1, -0.05) is 42.5 Å². The van der Waals surface area contributed by atoms with E-state index in [-0.39, 0.29) is 5.56 Å².